The van der Waals surface area contributed by atoms with E-state index in [1.54, 1.807) is 4.90 Å². The van der Waals surface area contributed by atoms with E-state index in [4.69, 9.17) is 0 Å². The van der Waals surface area contributed by atoms with Crippen LogP contribution in [0.4, 0.5) is 0 Å². The second-order valence-electron chi connectivity index (χ2n) is 5.60. The maximum atomic E-state index is 12.4. The molecule has 1 saturated heterocycles. The largest absolute Gasteiger partial charge is 0.356 e. The zero-order valence-electron chi connectivity index (χ0n) is 13.3. The van der Waals surface area contributed by atoms with E-state index >= 15 is 0 Å². The Morgan fingerprint density at radius 2 is 1.73 bits per heavy atom. The Morgan fingerprint density at radius 3 is 2.27 bits per heavy atom. The van der Waals surface area contributed by atoms with Crippen LogP contribution in [0.25, 0.3) is 0 Å². The van der Waals surface area contributed by atoms with Crippen LogP contribution in [0.5, 0.6) is 0 Å². The molecule has 7 heteroatoms. The number of carbonyl (C=O) groups is 4. The van der Waals surface area contributed by atoms with Crippen LogP contribution in [0.15, 0.2) is 0 Å². The third-order valence-corrected chi connectivity index (χ3v) is 3.60. The minimum atomic E-state index is -0.553. The van der Waals surface area contributed by atoms with Crippen molar-refractivity contribution in [2.45, 2.75) is 52.0 Å². The summed E-state index contributed by atoms with van der Waals surface area (Å²) >= 11 is 0. The molecule has 1 unspecified atom stereocenters. The lowest BCUT2D eigenvalue weighted by Crippen LogP contribution is -2.50. The summed E-state index contributed by atoms with van der Waals surface area (Å²) < 4.78 is 0. The summed E-state index contributed by atoms with van der Waals surface area (Å²) in [6.45, 7) is 4.27. The van der Waals surface area contributed by atoms with Gasteiger partial charge in [-0.05, 0) is 19.3 Å². The number of unbranched alkanes of at least 4 members (excludes halogenated alkanes) is 1. The molecule has 1 aliphatic heterocycles. The van der Waals surface area contributed by atoms with Gasteiger partial charge in [-0.2, -0.15) is 0 Å². The minimum Gasteiger partial charge on any atom is -0.356 e. The number of piperidine rings is 1. The van der Waals surface area contributed by atoms with Crippen molar-refractivity contribution >= 4 is 23.5 Å². The minimum absolute atomic E-state index is 0.0764. The van der Waals surface area contributed by atoms with Gasteiger partial charge in [-0.15, -0.1) is 0 Å². The van der Waals surface area contributed by atoms with Gasteiger partial charge >= 0.3 is 0 Å². The fourth-order valence-electron chi connectivity index (χ4n) is 2.44. The van der Waals surface area contributed by atoms with Crippen LogP contribution < -0.4 is 10.6 Å². The molecule has 1 atom stereocenters. The number of ketones is 1. The maximum absolute atomic E-state index is 12.4. The Labute approximate surface area is 130 Å². The first-order chi connectivity index (χ1) is 10.4. The third-order valence-electron chi connectivity index (χ3n) is 3.60. The van der Waals surface area contributed by atoms with Gasteiger partial charge in [-0.1, -0.05) is 0 Å². The van der Waals surface area contributed by atoms with Crippen LogP contribution in [-0.4, -0.2) is 54.1 Å². The highest BCUT2D eigenvalue weighted by Gasteiger charge is 2.27. The van der Waals surface area contributed by atoms with Crippen LogP contribution in [0.2, 0.25) is 0 Å². The molecule has 0 aliphatic carbocycles. The Hall–Kier alpha value is -1.92. The summed E-state index contributed by atoms with van der Waals surface area (Å²) in [4.78, 5) is 47.4. The molecule has 0 spiro atoms. The number of nitrogens with one attached hydrogen (secondary N) is 2. The summed E-state index contributed by atoms with van der Waals surface area (Å²) in [5.74, 6) is -0.265. The number of hydrogen-bond acceptors (Lipinski definition) is 4. The first-order valence-electron chi connectivity index (χ1n) is 7.72. The van der Waals surface area contributed by atoms with Crippen molar-refractivity contribution < 1.29 is 19.2 Å². The second kappa shape index (κ2) is 9.17. The van der Waals surface area contributed by atoms with Gasteiger partial charge in [0.2, 0.25) is 17.7 Å². The van der Waals surface area contributed by atoms with E-state index in [9.17, 15) is 19.2 Å². The topological polar surface area (TPSA) is 95.6 Å². The normalized spacial score (nSPS) is 16.1. The van der Waals surface area contributed by atoms with Crippen molar-refractivity contribution in [2.75, 3.05) is 19.6 Å². The highest BCUT2D eigenvalue weighted by atomic mass is 16.2. The van der Waals surface area contributed by atoms with Crippen molar-refractivity contribution in [3.05, 3.63) is 0 Å². The number of Topliss-reactive ketones (excluding diaryl/α,β-unsaturated/α-hetero) is 1. The van der Waals surface area contributed by atoms with Gasteiger partial charge in [0.05, 0.1) is 0 Å². The maximum Gasteiger partial charge on any atom is 0.245 e. The van der Waals surface area contributed by atoms with Crippen molar-refractivity contribution in [2.24, 2.45) is 0 Å². The Kier molecular flexibility index (Phi) is 7.56. The quantitative estimate of drug-likeness (QED) is 0.646. The molecule has 0 radical (unpaired) electrons. The van der Waals surface area contributed by atoms with Crippen LogP contribution >= 0.6 is 0 Å². The SMILES string of the molecule is CC(=O)NCCCCC(NC(C)=O)C(=O)N1CCC(=O)CC1. The highest BCUT2D eigenvalue weighted by Crippen LogP contribution is 2.11. The molecule has 7 nitrogen and oxygen atoms in total. The van der Waals surface area contributed by atoms with E-state index in [0.717, 1.165) is 12.8 Å². The second-order valence-corrected chi connectivity index (χ2v) is 5.60. The molecular formula is C15H25N3O4. The van der Waals surface area contributed by atoms with E-state index < -0.39 is 6.04 Å². The highest BCUT2D eigenvalue weighted by molar-refractivity contribution is 5.88. The number of hydrogen-bond donors (Lipinski definition) is 2. The molecule has 0 aromatic rings. The number of carbonyl (C=O) groups excluding carboxylic acids is 4. The summed E-state index contributed by atoms with van der Waals surface area (Å²) in [5.41, 5.74) is 0. The Balaban J connectivity index is 2.45. The van der Waals surface area contributed by atoms with E-state index in [1.165, 1.54) is 13.8 Å². The van der Waals surface area contributed by atoms with Crippen LogP contribution in [0, 0.1) is 0 Å². The summed E-state index contributed by atoms with van der Waals surface area (Å²) in [6.07, 6.45) is 2.79. The van der Waals surface area contributed by atoms with Gasteiger partial charge in [0.1, 0.15) is 11.8 Å². The number of likely N-dealkylation sites (tertiary alicyclic amines) is 1. The molecule has 22 heavy (non-hydrogen) atoms. The van der Waals surface area contributed by atoms with Crippen molar-refractivity contribution in [3.63, 3.8) is 0 Å². The first-order valence-corrected chi connectivity index (χ1v) is 7.72. The molecule has 0 bridgehead atoms. The van der Waals surface area contributed by atoms with E-state index in [2.05, 4.69) is 10.6 Å². The molecule has 0 aromatic carbocycles. The molecule has 3 amide bonds. The molecule has 1 heterocycles. The fraction of sp³-hybridized carbons (Fsp3) is 0.733. The standard InChI is InChI=1S/C15H25N3O4/c1-11(19)16-8-4-3-5-14(17-12(2)20)15(22)18-9-6-13(21)7-10-18/h14H,3-10H2,1-2H3,(H,16,19)(H,17,20). The summed E-state index contributed by atoms with van der Waals surface area (Å²) in [7, 11) is 0. The van der Waals surface area contributed by atoms with Crippen molar-refractivity contribution in [3.8, 4) is 0 Å². The van der Waals surface area contributed by atoms with Gasteiger partial charge in [0, 0.05) is 46.3 Å². The van der Waals surface area contributed by atoms with Gasteiger partial charge in [-0.25, -0.2) is 0 Å². The van der Waals surface area contributed by atoms with Crippen molar-refractivity contribution in [1.29, 1.82) is 0 Å². The molecule has 1 rings (SSSR count). The Morgan fingerprint density at radius 1 is 1.09 bits per heavy atom. The lowest BCUT2D eigenvalue weighted by atomic mass is 10.0. The number of rotatable bonds is 7. The zero-order chi connectivity index (χ0) is 16.5. The molecule has 2 N–H and O–H groups in total. The molecule has 1 fully saturated rings. The molecular weight excluding hydrogens is 286 g/mol. The van der Waals surface area contributed by atoms with Crippen LogP contribution in [-0.2, 0) is 19.2 Å². The fourth-order valence-corrected chi connectivity index (χ4v) is 2.44. The lowest BCUT2D eigenvalue weighted by molar-refractivity contribution is -0.138. The smallest absolute Gasteiger partial charge is 0.245 e. The third kappa shape index (κ3) is 6.69. The molecule has 124 valence electrons. The molecule has 1 aliphatic rings. The van der Waals surface area contributed by atoms with Gasteiger partial charge in [0.15, 0.2) is 0 Å². The lowest BCUT2D eigenvalue weighted by Gasteiger charge is -2.30. The van der Waals surface area contributed by atoms with Crippen LogP contribution in [0.3, 0.4) is 0 Å². The Bertz CT molecular complexity index is 427. The number of nitrogens with zero attached hydrogens (tertiary/aromatic N) is 1. The van der Waals surface area contributed by atoms with Gasteiger partial charge < -0.3 is 15.5 Å². The molecule has 0 saturated carbocycles. The average molecular weight is 311 g/mol. The average Bonchev–Trinajstić information content (AvgIpc) is 2.45. The number of amides is 3. The van der Waals surface area contributed by atoms with E-state index in [1.807, 2.05) is 0 Å². The summed E-state index contributed by atoms with van der Waals surface area (Å²) in [6, 6.07) is -0.553. The van der Waals surface area contributed by atoms with E-state index in [-0.39, 0.29) is 23.5 Å². The van der Waals surface area contributed by atoms with Gasteiger partial charge in [-0.3, -0.25) is 19.2 Å². The van der Waals surface area contributed by atoms with Crippen molar-refractivity contribution in [1.82, 2.24) is 15.5 Å². The van der Waals surface area contributed by atoms with Gasteiger partial charge in [0.25, 0.3) is 0 Å². The van der Waals surface area contributed by atoms with Crippen LogP contribution in [0.1, 0.15) is 46.0 Å². The monoisotopic (exact) mass is 311 g/mol. The van der Waals surface area contributed by atoms with E-state index in [0.29, 0.717) is 38.9 Å². The first kappa shape index (κ1) is 18.1. The molecule has 0 aromatic heterocycles. The summed E-state index contributed by atoms with van der Waals surface area (Å²) in [5, 5.41) is 5.38. The predicted octanol–water partition coefficient (Wildman–Crippen LogP) is -0.0110. The zero-order valence-corrected chi connectivity index (χ0v) is 13.3. The predicted molar refractivity (Wildman–Crippen MR) is 81.0 cm³/mol.